The molecule has 0 amide bonds. The minimum atomic E-state index is -3.81. The molecule has 0 aliphatic heterocycles. The van der Waals surface area contributed by atoms with Gasteiger partial charge < -0.3 is 16.4 Å². The molecule has 6 aromatic rings. The summed E-state index contributed by atoms with van der Waals surface area (Å²) in [6, 6.07) is 26.0. The summed E-state index contributed by atoms with van der Waals surface area (Å²) in [6.07, 6.45) is 16.6. The first kappa shape index (κ1) is 57.9. The highest BCUT2D eigenvalue weighted by Crippen LogP contribution is 2.37. The van der Waals surface area contributed by atoms with E-state index in [2.05, 4.69) is 73.9 Å². The van der Waals surface area contributed by atoms with Crippen molar-refractivity contribution in [3.8, 4) is 0 Å². The number of nitrogens with two attached hydrogens (primary N) is 1. The molecule has 4 aliphatic rings. The van der Waals surface area contributed by atoms with Crippen LogP contribution < -0.4 is 21.1 Å². The van der Waals surface area contributed by atoms with Crippen LogP contribution in [0.4, 0.5) is 23.3 Å². The number of rotatable bonds is 12. The number of hydrogen-bond acceptors (Lipinski definition) is 15. The van der Waals surface area contributed by atoms with Gasteiger partial charge in [-0.05, 0) is 111 Å². The van der Waals surface area contributed by atoms with Crippen molar-refractivity contribution in [2.24, 2.45) is 5.73 Å². The number of nitro groups is 2. The SMILES string of the molecule is C.C.N[C@H]1CCC[C@@H](Nc2ncc(Cl)c(C3=CCc4ccccc43)n2)C1.O=[N+]([O-])c1ccc(S(=O)(=O)Cl)cc1.O=[N+]([O-])c1ccc(S(=O)(=O)N[C@H]2CCC[C@@H](Nc3ncc(Cl)c(C4=CCc5ccccc54)n3)C2)cc1. The molecule has 0 unspecified atom stereocenters. The van der Waals surface area contributed by atoms with Gasteiger partial charge in [0.2, 0.25) is 21.9 Å². The molecule has 396 valence electrons. The summed E-state index contributed by atoms with van der Waals surface area (Å²) >= 11 is 12.9. The lowest BCUT2D eigenvalue weighted by atomic mass is 9.92. The Labute approximate surface area is 451 Å². The van der Waals surface area contributed by atoms with Gasteiger partial charge in [0, 0.05) is 70.3 Å². The molecule has 23 heteroatoms. The monoisotopic (exact) mass is 1120 g/mol. The first-order chi connectivity index (χ1) is 34.9. The second-order valence-corrected chi connectivity index (χ2v) is 22.9. The van der Waals surface area contributed by atoms with E-state index in [1.54, 1.807) is 12.4 Å². The first-order valence-corrected chi connectivity index (χ1v) is 27.8. The minimum Gasteiger partial charge on any atom is -0.351 e. The van der Waals surface area contributed by atoms with E-state index in [4.69, 9.17) is 49.6 Å². The van der Waals surface area contributed by atoms with E-state index >= 15 is 0 Å². The van der Waals surface area contributed by atoms with Crippen LogP contribution in [0.3, 0.4) is 0 Å². The molecule has 0 bridgehead atoms. The number of fused-ring (bicyclic) bond motifs is 2. The normalized spacial score (nSPS) is 18.6. The largest absolute Gasteiger partial charge is 0.351 e. The molecule has 0 radical (unpaired) electrons. The number of benzene rings is 4. The Hall–Kier alpha value is -6.39. The summed E-state index contributed by atoms with van der Waals surface area (Å²) < 4.78 is 49.8. The maximum atomic E-state index is 12.8. The molecule has 2 aromatic heterocycles. The highest BCUT2D eigenvalue weighted by molar-refractivity contribution is 8.13. The zero-order chi connectivity index (χ0) is 51.9. The third-order valence-corrected chi connectivity index (χ3v) is 16.2. The van der Waals surface area contributed by atoms with Crippen molar-refractivity contribution >= 4 is 87.4 Å². The standard InChI is InChI=1S/C25H24ClN5O4S.C19H21ClN4.C6H4ClNO4S.2CH4/c26-23-15-27-25(29-24(23)22-13-8-16-4-1-2-7-21(16)22)28-17-5-3-6-18(14-17)30-36(34,35)20-11-9-19(10-12-20)31(32)33;20-17-11-22-19(23-14-6-3-5-13(21)10-14)24-18(17)16-9-8-12-4-1-2-7-15(12)16;7-13(11,12)6-3-1-5(2-4-6)8(9)10;;/h1-2,4,7,9-13,15,17-18,30H,3,5-6,8,14H2,(H,27,28,29);1-2,4,7,9,11,13-14H,3,5-6,8,10,21H2,(H,22,23,24);1-4H;2*1H4/t17-,18+;13-,14+;;;/m10.../s1. The molecule has 2 fully saturated rings. The number of nitro benzene ring substituents is 2. The van der Waals surface area contributed by atoms with Crippen molar-refractivity contribution in [1.82, 2.24) is 24.7 Å². The molecule has 5 N–H and O–H groups in total. The van der Waals surface area contributed by atoms with Crippen LogP contribution in [0.2, 0.25) is 10.0 Å². The average Bonchev–Trinajstić information content (AvgIpc) is 4.00. The Morgan fingerprint density at radius 1 is 0.587 bits per heavy atom. The molecule has 2 saturated carbocycles. The summed E-state index contributed by atoms with van der Waals surface area (Å²) in [5.74, 6) is 1.09. The number of anilines is 2. The lowest BCUT2D eigenvalue weighted by molar-refractivity contribution is -0.385. The lowest BCUT2D eigenvalue weighted by Crippen LogP contribution is -2.41. The molecule has 0 saturated heterocycles. The van der Waals surface area contributed by atoms with Crippen LogP contribution in [0.1, 0.15) is 99.9 Å². The molecule has 18 nitrogen and oxygen atoms in total. The van der Waals surface area contributed by atoms with Gasteiger partial charge in [0.15, 0.2) is 0 Å². The number of hydrogen-bond donors (Lipinski definition) is 4. The van der Waals surface area contributed by atoms with Crippen LogP contribution in [0.25, 0.3) is 11.1 Å². The third kappa shape index (κ3) is 14.7. The molecule has 4 aliphatic carbocycles. The van der Waals surface area contributed by atoms with Crippen LogP contribution in [-0.2, 0) is 31.9 Å². The Bertz CT molecular complexity index is 3310. The summed E-state index contributed by atoms with van der Waals surface area (Å²) in [6.45, 7) is 0. The summed E-state index contributed by atoms with van der Waals surface area (Å²) in [5, 5.41) is 28.9. The molecular weight excluding hydrogens is 1060 g/mol. The number of nitrogens with zero attached hydrogens (tertiary/aromatic N) is 6. The Morgan fingerprint density at radius 2 is 1.01 bits per heavy atom. The van der Waals surface area contributed by atoms with Gasteiger partial charge in [-0.25, -0.2) is 41.5 Å². The minimum absolute atomic E-state index is 0. The summed E-state index contributed by atoms with van der Waals surface area (Å²) in [4.78, 5) is 37.8. The Kier molecular flexibility index (Phi) is 19.6. The summed E-state index contributed by atoms with van der Waals surface area (Å²) in [7, 11) is -2.61. The van der Waals surface area contributed by atoms with Gasteiger partial charge in [0.25, 0.3) is 20.4 Å². The van der Waals surface area contributed by atoms with E-state index < -0.39 is 28.9 Å². The highest BCUT2D eigenvalue weighted by atomic mass is 35.7. The van der Waals surface area contributed by atoms with E-state index in [1.165, 1.54) is 41.0 Å². The Morgan fingerprint density at radius 3 is 1.47 bits per heavy atom. The third-order valence-electron chi connectivity index (χ3n) is 12.7. The van der Waals surface area contributed by atoms with Gasteiger partial charge in [0.05, 0.1) is 53.5 Å². The molecular formula is C52H57Cl3N10O8S2. The zero-order valence-corrected chi connectivity index (χ0v) is 42.8. The van der Waals surface area contributed by atoms with E-state index in [0.29, 0.717) is 46.5 Å². The molecule has 4 atom stereocenters. The zero-order valence-electron chi connectivity index (χ0n) is 38.9. The van der Waals surface area contributed by atoms with Crippen molar-refractivity contribution in [2.75, 3.05) is 10.6 Å². The van der Waals surface area contributed by atoms with E-state index in [-0.39, 0.29) is 54.1 Å². The van der Waals surface area contributed by atoms with Crippen LogP contribution in [0, 0.1) is 20.2 Å². The summed E-state index contributed by atoms with van der Waals surface area (Å²) in [5.41, 5.74) is 14.2. The maximum Gasteiger partial charge on any atom is 0.269 e. The molecule has 10 rings (SSSR count). The molecule has 0 spiro atoms. The average molecular weight is 1120 g/mol. The van der Waals surface area contributed by atoms with Crippen molar-refractivity contribution in [3.05, 3.63) is 186 Å². The van der Waals surface area contributed by atoms with Crippen LogP contribution in [-0.4, -0.2) is 70.8 Å². The molecule has 4 aromatic carbocycles. The molecule has 2 heterocycles. The number of allylic oxidation sites excluding steroid dienone is 2. The van der Waals surface area contributed by atoms with Gasteiger partial charge >= 0.3 is 0 Å². The van der Waals surface area contributed by atoms with Crippen molar-refractivity contribution in [1.29, 1.82) is 0 Å². The lowest BCUT2D eigenvalue weighted by Gasteiger charge is -2.30. The van der Waals surface area contributed by atoms with Crippen LogP contribution in [0.15, 0.2) is 131 Å². The van der Waals surface area contributed by atoms with Gasteiger partial charge in [-0.15, -0.1) is 0 Å². The fraction of sp³-hybridized carbons (Fsp3) is 0.308. The highest BCUT2D eigenvalue weighted by Gasteiger charge is 2.29. The smallest absolute Gasteiger partial charge is 0.269 e. The fourth-order valence-corrected chi connectivity index (χ4v) is 11.6. The molecule has 75 heavy (non-hydrogen) atoms. The number of nitrogens with one attached hydrogen (secondary N) is 3. The van der Waals surface area contributed by atoms with Gasteiger partial charge in [-0.2, -0.15) is 0 Å². The second kappa shape index (κ2) is 25.4. The van der Waals surface area contributed by atoms with E-state index in [9.17, 15) is 37.1 Å². The number of aromatic nitrogens is 4. The number of halogens is 3. The van der Waals surface area contributed by atoms with E-state index in [0.717, 1.165) is 98.0 Å². The van der Waals surface area contributed by atoms with Gasteiger partial charge in [0.1, 0.15) is 0 Å². The quantitative estimate of drug-likeness (QED) is 0.0504. The Balaban J connectivity index is 0.000000202. The number of sulfonamides is 1. The predicted molar refractivity (Wildman–Crippen MR) is 295 cm³/mol. The van der Waals surface area contributed by atoms with Crippen molar-refractivity contribution < 1.29 is 26.7 Å². The van der Waals surface area contributed by atoms with Gasteiger partial charge in [-0.3, -0.25) is 20.2 Å². The van der Waals surface area contributed by atoms with Crippen molar-refractivity contribution in [3.63, 3.8) is 0 Å². The maximum absolute atomic E-state index is 12.8. The first-order valence-electron chi connectivity index (χ1n) is 23.3. The second-order valence-electron chi connectivity index (χ2n) is 17.8. The van der Waals surface area contributed by atoms with E-state index in [1.807, 2.05) is 12.1 Å². The predicted octanol–water partition coefficient (Wildman–Crippen LogP) is 11.3. The van der Waals surface area contributed by atoms with Gasteiger partial charge in [-0.1, -0.05) is 98.7 Å². The number of non-ortho nitro benzene ring substituents is 2. The van der Waals surface area contributed by atoms with Crippen molar-refractivity contribution in [2.45, 2.75) is 113 Å². The van der Waals surface area contributed by atoms with Crippen LogP contribution >= 0.6 is 33.9 Å². The fourth-order valence-electron chi connectivity index (χ4n) is 9.18. The topological polar surface area (TPSA) is 268 Å². The van der Waals surface area contributed by atoms with Crippen LogP contribution in [0.5, 0.6) is 0 Å².